The second kappa shape index (κ2) is 5.01. The lowest BCUT2D eigenvalue weighted by atomic mass is 10.1. The van der Waals surface area contributed by atoms with Crippen LogP contribution in [0.4, 0.5) is 0 Å². The first-order chi connectivity index (χ1) is 7.29. The number of nitrogens with zero attached hydrogens (tertiary/aromatic N) is 1. The fourth-order valence-corrected chi connectivity index (χ4v) is 3.43. The van der Waals surface area contributed by atoms with Gasteiger partial charge >= 0.3 is 0 Å². The number of rotatable bonds is 4. The smallest absolute Gasteiger partial charge is 0.0263 e. The lowest BCUT2D eigenvalue weighted by Crippen LogP contribution is -2.31. The zero-order valence-corrected chi connectivity index (χ0v) is 9.96. The minimum Gasteiger partial charge on any atom is -0.329 e. The van der Waals surface area contributed by atoms with E-state index in [2.05, 4.69) is 36.2 Å². The summed E-state index contributed by atoms with van der Waals surface area (Å²) in [7, 11) is 2.15. The molecular formula is C12H18N2S. The summed E-state index contributed by atoms with van der Waals surface area (Å²) in [6, 6.07) is 8.72. The summed E-state index contributed by atoms with van der Waals surface area (Å²) < 4.78 is 0. The molecule has 2 nitrogen and oxygen atoms in total. The van der Waals surface area contributed by atoms with Crippen LogP contribution in [-0.4, -0.2) is 36.8 Å². The van der Waals surface area contributed by atoms with Crippen molar-refractivity contribution in [2.45, 2.75) is 16.6 Å². The van der Waals surface area contributed by atoms with E-state index in [0.717, 1.165) is 19.6 Å². The first-order valence-corrected chi connectivity index (χ1v) is 6.30. The van der Waals surface area contributed by atoms with Gasteiger partial charge in [0, 0.05) is 29.8 Å². The molecular weight excluding hydrogens is 204 g/mol. The van der Waals surface area contributed by atoms with Gasteiger partial charge in [-0.3, -0.25) is 0 Å². The molecule has 1 aromatic rings. The number of nitrogens with two attached hydrogens (primary N) is 1. The first-order valence-electron chi connectivity index (χ1n) is 5.43. The average Bonchev–Trinajstić information content (AvgIpc) is 2.59. The lowest BCUT2D eigenvalue weighted by molar-refractivity contribution is 0.344. The molecule has 2 rings (SSSR count). The van der Waals surface area contributed by atoms with Crippen molar-refractivity contribution in [3.8, 4) is 0 Å². The van der Waals surface area contributed by atoms with E-state index < -0.39 is 0 Å². The summed E-state index contributed by atoms with van der Waals surface area (Å²) in [6.07, 6.45) is 1.20. The number of hydrogen-bond acceptors (Lipinski definition) is 3. The third-order valence-corrected chi connectivity index (χ3v) is 4.04. The van der Waals surface area contributed by atoms with Gasteiger partial charge in [0.2, 0.25) is 0 Å². The largest absolute Gasteiger partial charge is 0.329 e. The van der Waals surface area contributed by atoms with E-state index in [4.69, 9.17) is 5.73 Å². The highest BCUT2D eigenvalue weighted by Crippen LogP contribution is 2.36. The monoisotopic (exact) mass is 222 g/mol. The molecule has 1 heterocycles. The van der Waals surface area contributed by atoms with Crippen molar-refractivity contribution in [3.05, 3.63) is 29.8 Å². The Morgan fingerprint density at radius 2 is 2.27 bits per heavy atom. The Labute approximate surface area is 95.8 Å². The van der Waals surface area contributed by atoms with E-state index in [0.29, 0.717) is 5.25 Å². The Kier molecular flexibility index (Phi) is 3.67. The molecule has 0 bridgehead atoms. The fourth-order valence-electron chi connectivity index (χ4n) is 2.02. The number of likely N-dealkylation sites (N-methyl/N-ethyl adjacent to an activating group) is 1. The van der Waals surface area contributed by atoms with E-state index >= 15 is 0 Å². The van der Waals surface area contributed by atoms with Crippen molar-refractivity contribution in [1.82, 2.24) is 4.90 Å². The van der Waals surface area contributed by atoms with E-state index in [-0.39, 0.29) is 0 Å². The SMILES string of the molecule is CN(CCN)CC1Cc2ccccc2S1. The van der Waals surface area contributed by atoms with Crippen molar-refractivity contribution in [2.75, 3.05) is 26.7 Å². The third kappa shape index (κ3) is 2.74. The van der Waals surface area contributed by atoms with Crippen LogP contribution in [0.15, 0.2) is 29.2 Å². The molecule has 0 amide bonds. The quantitative estimate of drug-likeness (QED) is 0.839. The predicted molar refractivity (Wildman–Crippen MR) is 66.3 cm³/mol. The molecule has 3 heteroatoms. The summed E-state index contributed by atoms with van der Waals surface area (Å²) in [6.45, 7) is 2.88. The van der Waals surface area contributed by atoms with Gasteiger partial charge in [0.1, 0.15) is 0 Å². The highest BCUT2D eigenvalue weighted by atomic mass is 32.2. The minimum absolute atomic E-state index is 0.707. The van der Waals surface area contributed by atoms with E-state index in [1.807, 2.05) is 11.8 Å². The lowest BCUT2D eigenvalue weighted by Gasteiger charge is -2.19. The van der Waals surface area contributed by atoms with E-state index in [1.54, 1.807) is 0 Å². The number of hydrogen-bond donors (Lipinski definition) is 1. The Bertz CT molecular complexity index is 302. The third-order valence-electron chi connectivity index (χ3n) is 2.74. The van der Waals surface area contributed by atoms with Crippen LogP contribution in [0.3, 0.4) is 0 Å². The Hall–Kier alpha value is -0.510. The van der Waals surface area contributed by atoms with Crippen LogP contribution < -0.4 is 5.73 Å². The predicted octanol–water partition coefficient (Wildman–Crippen LogP) is 1.59. The van der Waals surface area contributed by atoms with Gasteiger partial charge in [-0.25, -0.2) is 0 Å². The molecule has 2 N–H and O–H groups in total. The summed E-state index contributed by atoms with van der Waals surface area (Å²) in [5, 5.41) is 0.707. The Morgan fingerprint density at radius 3 is 3.00 bits per heavy atom. The molecule has 1 atom stereocenters. The molecule has 82 valence electrons. The number of thioether (sulfide) groups is 1. The summed E-state index contributed by atoms with van der Waals surface area (Å²) in [5.41, 5.74) is 7.05. The average molecular weight is 222 g/mol. The van der Waals surface area contributed by atoms with Crippen molar-refractivity contribution in [2.24, 2.45) is 5.73 Å². The van der Waals surface area contributed by atoms with Gasteiger partial charge in [-0.05, 0) is 25.1 Å². The number of fused-ring (bicyclic) bond motifs is 1. The van der Waals surface area contributed by atoms with Crippen LogP contribution in [0.5, 0.6) is 0 Å². The van der Waals surface area contributed by atoms with Gasteiger partial charge in [-0.15, -0.1) is 11.8 Å². The van der Waals surface area contributed by atoms with Crippen LogP contribution in [0, 0.1) is 0 Å². The van der Waals surface area contributed by atoms with Crippen molar-refractivity contribution < 1.29 is 0 Å². The van der Waals surface area contributed by atoms with E-state index in [9.17, 15) is 0 Å². The van der Waals surface area contributed by atoms with Crippen LogP contribution in [0.25, 0.3) is 0 Å². The maximum atomic E-state index is 5.54. The molecule has 15 heavy (non-hydrogen) atoms. The molecule has 1 aliphatic rings. The zero-order valence-electron chi connectivity index (χ0n) is 9.15. The van der Waals surface area contributed by atoms with Crippen LogP contribution >= 0.6 is 11.8 Å². The van der Waals surface area contributed by atoms with Crippen molar-refractivity contribution in [3.63, 3.8) is 0 Å². The van der Waals surface area contributed by atoms with Crippen LogP contribution in [0.1, 0.15) is 5.56 Å². The first kappa shape index (κ1) is 11.0. The van der Waals surface area contributed by atoms with Gasteiger partial charge in [0.05, 0.1) is 0 Å². The summed E-state index contributed by atoms with van der Waals surface area (Å²) in [5.74, 6) is 0. The summed E-state index contributed by atoms with van der Waals surface area (Å²) in [4.78, 5) is 3.78. The van der Waals surface area contributed by atoms with Crippen LogP contribution in [-0.2, 0) is 6.42 Å². The molecule has 1 aromatic carbocycles. The molecule has 1 unspecified atom stereocenters. The second-order valence-corrected chi connectivity index (χ2v) is 5.44. The standard InChI is InChI=1S/C12H18N2S/c1-14(7-6-13)9-11-8-10-4-2-3-5-12(10)15-11/h2-5,11H,6-9,13H2,1H3. The van der Waals surface area contributed by atoms with E-state index in [1.165, 1.54) is 16.9 Å². The van der Waals surface area contributed by atoms with Gasteiger partial charge in [-0.1, -0.05) is 18.2 Å². The molecule has 0 saturated heterocycles. The highest BCUT2D eigenvalue weighted by molar-refractivity contribution is 8.00. The summed E-state index contributed by atoms with van der Waals surface area (Å²) >= 11 is 2.01. The normalized spacial score (nSPS) is 19.5. The van der Waals surface area contributed by atoms with Gasteiger partial charge in [0.25, 0.3) is 0 Å². The molecule has 0 radical (unpaired) electrons. The van der Waals surface area contributed by atoms with Gasteiger partial charge in [-0.2, -0.15) is 0 Å². The Balaban J connectivity index is 1.90. The molecule has 0 saturated carbocycles. The van der Waals surface area contributed by atoms with Gasteiger partial charge in [0.15, 0.2) is 0 Å². The topological polar surface area (TPSA) is 29.3 Å². The molecule has 0 spiro atoms. The van der Waals surface area contributed by atoms with Crippen LogP contribution in [0.2, 0.25) is 0 Å². The fraction of sp³-hybridized carbons (Fsp3) is 0.500. The Morgan fingerprint density at radius 1 is 1.47 bits per heavy atom. The molecule has 0 aliphatic carbocycles. The molecule has 0 fully saturated rings. The maximum Gasteiger partial charge on any atom is 0.0263 e. The zero-order chi connectivity index (χ0) is 10.7. The van der Waals surface area contributed by atoms with Gasteiger partial charge < -0.3 is 10.6 Å². The highest BCUT2D eigenvalue weighted by Gasteiger charge is 2.22. The molecule has 0 aromatic heterocycles. The number of benzene rings is 1. The maximum absolute atomic E-state index is 5.54. The minimum atomic E-state index is 0.707. The second-order valence-electron chi connectivity index (χ2n) is 4.10. The van der Waals surface area contributed by atoms with Crippen molar-refractivity contribution >= 4 is 11.8 Å². The van der Waals surface area contributed by atoms with Crippen molar-refractivity contribution in [1.29, 1.82) is 0 Å². The molecule has 1 aliphatic heterocycles.